The number of nitrogens with zero attached hydrogens (tertiary/aromatic N) is 1. The highest BCUT2D eigenvalue weighted by molar-refractivity contribution is 7.09. The first kappa shape index (κ1) is 12.8. The number of hydrogen-bond donors (Lipinski definition) is 1. The Morgan fingerprint density at radius 3 is 2.67 bits per heavy atom. The van der Waals surface area contributed by atoms with Crippen LogP contribution in [0.4, 0.5) is 0 Å². The molecule has 94 valence electrons. The van der Waals surface area contributed by atoms with Crippen LogP contribution in [0.5, 0.6) is 0 Å². The van der Waals surface area contributed by atoms with Gasteiger partial charge in [-0.15, -0.1) is 11.3 Å². The minimum absolute atomic E-state index is 0.0521. The molecule has 0 spiro atoms. The van der Waals surface area contributed by atoms with E-state index in [4.69, 9.17) is 0 Å². The smallest absolute Gasteiger partial charge is 0.251 e. The summed E-state index contributed by atoms with van der Waals surface area (Å²) < 4.78 is 0. The van der Waals surface area contributed by atoms with Crippen LogP contribution in [0.25, 0.3) is 0 Å². The zero-order valence-electron chi connectivity index (χ0n) is 10.8. The van der Waals surface area contributed by atoms with Gasteiger partial charge in [-0.3, -0.25) is 4.79 Å². The van der Waals surface area contributed by atoms with Crippen LogP contribution in [0.15, 0.2) is 23.6 Å². The molecule has 0 bridgehead atoms. The van der Waals surface area contributed by atoms with Crippen molar-refractivity contribution < 1.29 is 4.79 Å². The monoisotopic (exact) mass is 260 g/mol. The lowest BCUT2D eigenvalue weighted by atomic mass is 10.1. The second kappa shape index (κ2) is 5.31. The Hall–Kier alpha value is -1.68. The molecule has 18 heavy (non-hydrogen) atoms. The van der Waals surface area contributed by atoms with Crippen molar-refractivity contribution in [2.24, 2.45) is 0 Å². The molecular weight excluding hydrogens is 244 g/mol. The van der Waals surface area contributed by atoms with E-state index in [0.717, 1.165) is 16.3 Å². The van der Waals surface area contributed by atoms with Crippen molar-refractivity contribution in [3.05, 3.63) is 51.0 Å². The van der Waals surface area contributed by atoms with Crippen molar-refractivity contribution in [2.75, 3.05) is 0 Å². The van der Waals surface area contributed by atoms with E-state index in [9.17, 15) is 4.79 Å². The SMILES string of the molecule is Cc1nc(CNC(=O)c2ccc(C)c(C)c2)cs1. The van der Waals surface area contributed by atoms with E-state index in [1.165, 1.54) is 5.56 Å². The summed E-state index contributed by atoms with van der Waals surface area (Å²) in [5.74, 6) is -0.0521. The molecule has 0 aliphatic carbocycles. The van der Waals surface area contributed by atoms with Gasteiger partial charge in [0.05, 0.1) is 17.2 Å². The third kappa shape index (κ3) is 2.96. The Kier molecular flexibility index (Phi) is 3.77. The Morgan fingerprint density at radius 2 is 2.06 bits per heavy atom. The van der Waals surface area contributed by atoms with Crippen LogP contribution in [0.2, 0.25) is 0 Å². The number of hydrogen-bond acceptors (Lipinski definition) is 3. The average molecular weight is 260 g/mol. The van der Waals surface area contributed by atoms with Crippen molar-refractivity contribution in [3.8, 4) is 0 Å². The first-order valence-electron chi connectivity index (χ1n) is 5.82. The predicted octanol–water partition coefficient (Wildman–Crippen LogP) is 3.00. The average Bonchev–Trinajstić information content (AvgIpc) is 2.75. The van der Waals surface area contributed by atoms with Gasteiger partial charge >= 0.3 is 0 Å². The third-order valence-corrected chi connectivity index (χ3v) is 3.69. The zero-order valence-corrected chi connectivity index (χ0v) is 11.6. The lowest BCUT2D eigenvalue weighted by Crippen LogP contribution is -2.23. The molecule has 1 N–H and O–H groups in total. The molecule has 2 rings (SSSR count). The van der Waals surface area contributed by atoms with Crippen LogP contribution in [-0.4, -0.2) is 10.9 Å². The number of benzene rings is 1. The number of rotatable bonds is 3. The Bertz CT molecular complexity index is 575. The Balaban J connectivity index is 2.01. The molecule has 0 saturated heterocycles. The van der Waals surface area contributed by atoms with Crippen LogP contribution < -0.4 is 5.32 Å². The molecular formula is C14H16N2OS. The van der Waals surface area contributed by atoms with E-state index >= 15 is 0 Å². The second-order valence-electron chi connectivity index (χ2n) is 4.34. The molecule has 3 nitrogen and oxygen atoms in total. The van der Waals surface area contributed by atoms with Gasteiger partial charge in [0, 0.05) is 10.9 Å². The summed E-state index contributed by atoms with van der Waals surface area (Å²) in [6, 6.07) is 5.73. The third-order valence-electron chi connectivity index (χ3n) is 2.87. The summed E-state index contributed by atoms with van der Waals surface area (Å²) in [6.07, 6.45) is 0. The molecule has 0 atom stereocenters. The maximum Gasteiger partial charge on any atom is 0.251 e. The largest absolute Gasteiger partial charge is 0.346 e. The number of aryl methyl sites for hydroxylation is 3. The van der Waals surface area contributed by atoms with Gasteiger partial charge in [0.25, 0.3) is 5.91 Å². The van der Waals surface area contributed by atoms with Crippen LogP contribution in [0, 0.1) is 20.8 Å². The fraction of sp³-hybridized carbons (Fsp3) is 0.286. The highest BCUT2D eigenvalue weighted by atomic mass is 32.1. The first-order valence-corrected chi connectivity index (χ1v) is 6.70. The fourth-order valence-electron chi connectivity index (χ4n) is 1.64. The number of thiazole rings is 1. The maximum atomic E-state index is 12.0. The molecule has 0 aliphatic heterocycles. The molecule has 0 aliphatic rings. The number of amides is 1. The van der Waals surface area contributed by atoms with Gasteiger partial charge in [-0.25, -0.2) is 4.98 Å². The number of carbonyl (C=O) groups excluding carboxylic acids is 1. The van der Waals surface area contributed by atoms with Crippen LogP contribution in [0.1, 0.15) is 32.2 Å². The lowest BCUT2D eigenvalue weighted by Gasteiger charge is -2.06. The zero-order chi connectivity index (χ0) is 13.1. The molecule has 1 amide bonds. The van der Waals surface area contributed by atoms with Gasteiger partial charge in [0.2, 0.25) is 0 Å². The molecule has 1 aromatic heterocycles. The summed E-state index contributed by atoms with van der Waals surface area (Å²) in [5.41, 5.74) is 3.94. The lowest BCUT2D eigenvalue weighted by molar-refractivity contribution is 0.0950. The molecule has 0 fully saturated rings. The summed E-state index contributed by atoms with van der Waals surface area (Å²) in [6.45, 7) is 6.49. The van der Waals surface area contributed by atoms with E-state index < -0.39 is 0 Å². The van der Waals surface area contributed by atoms with Gasteiger partial charge in [-0.05, 0) is 44.0 Å². The van der Waals surface area contributed by atoms with Crippen LogP contribution >= 0.6 is 11.3 Å². The summed E-state index contributed by atoms with van der Waals surface area (Å²) >= 11 is 1.59. The Labute approximate surface area is 111 Å². The Morgan fingerprint density at radius 1 is 1.28 bits per heavy atom. The van der Waals surface area contributed by atoms with Crippen molar-refractivity contribution in [3.63, 3.8) is 0 Å². The molecule has 1 heterocycles. The first-order chi connectivity index (χ1) is 8.56. The number of carbonyl (C=O) groups is 1. The van der Waals surface area contributed by atoms with Crippen LogP contribution in [-0.2, 0) is 6.54 Å². The van der Waals surface area contributed by atoms with Crippen molar-refractivity contribution in [1.82, 2.24) is 10.3 Å². The molecule has 0 radical (unpaired) electrons. The molecule has 2 aromatic rings. The summed E-state index contributed by atoms with van der Waals surface area (Å²) in [4.78, 5) is 16.3. The molecule has 0 unspecified atom stereocenters. The van der Waals surface area contributed by atoms with Gasteiger partial charge < -0.3 is 5.32 Å². The summed E-state index contributed by atoms with van der Waals surface area (Å²) in [5, 5.41) is 5.87. The van der Waals surface area contributed by atoms with E-state index in [0.29, 0.717) is 12.1 Å². The minimum atomic E-state index is -0.0521. The van der Waals surface area contributed by atoms with Gasteiger partial charge in [-0.2, -0.15) is 0 Å². The van der Waals surface area contributed by atoms with Crippen molar-refractivity contribution in [1.29, 1.82) is 0 Å². The van der Waals surface area contributed by atoms with E-state index in [1.807, 2.05) is 44.4 Å². The second-order valence-corrected chi connectivity index (χ2v) is 5.40. The van der Waals surface area contributed by atoms with Gasteiger partial charge in [-0.1, -0.05) is 6.07 Å². The number of aromatic nitrogens is 1. The molecule has 1 aromatic carbocycles. The molecule has 0 saturated carbocycles. The van der Waals surface area contributed by atoms with E-state index in [-0.39, 0.29) is 5.91 Å². The fourth-order valence-corrected chi connectivity index (χ4v) is 2.26. The highest BCUT2D eigenvalue weighted by Gasteiger charge is 2.07. The highest BCUT2D eigenvalue weighted by Crippen LogP contribution is 2.11. The normalized spacial score (nSPS) is 10.4. The molecule has 4 heteroatoms. The van der Waals surface area contributed by atoms with Gasteiger partial charge in [0.1, 0.15) is 0 Å². The standard InChI is InChI=1S/C14H16N2OS/c1-9-4-5-12(6-10(9)2)14(17)15-7-13-8-18-11(3)16-13/h4-6,8H,7H2,1-3H3,(H,15,17). The van der Waals surface area contributed by atoms with Crippen LogP contribution in [0.3, 0.4) is 0 Å². The van der Waals surface area contributed by atoms with E-state index in [1.54, 1.807) is 11.3 Å². The predicted molar refractivity (Wildman–Crippen MR) is 73.9 cm³/mol. The number of nitrogens with one attached hydrogen (secondary N) is 1. The van der Waals surface area contributed by atoms with Crippen molar-refractivity contribution >= 4 is 17.2 Å². The maximum absolute atomic E-state index is 12.0. The quantitative estimate of drug-likeness (QED) is 0.921. The van der Waals surface area contributed by atoms with Crippen molar-refractivity contribution in [2.45, 2.75) is 27.3 Å². The van der Waals surface area contributed by atoms with E-state index in [2.05, 4.69) is 10.3 Å². The topological polar surface area (TPSA) is 42.0 Å². The van der Waals surface area contributed by atoms with Gasteiger partial charge in [0.15, 0.2) is 0 Å². The minimum Gasteiger partial charge on any atom is -0.346 e. The summed E-state index contributed by atoms with van der Waals surface area (Å²) in [7, 11) is 0.